The van der Waals surface area contributed by atoms with E-state index in [2.05, 4.69) is 41.1 Å². The van der Waals surface area contributed by atoms with Gasteiger partial charge in [-0.3, -0.25) is 0 Å². The largest absolute Gasteiger partial charge is 0.500 e. The number of rotatable bonds is 16. The summed E-state index contributed by atoms with van der Waals surface area (Å²) in [5.74, 6) is 0. The molecule has 0 saturated heterocycles. The summed E-state index contributed by atoms with van der Waals surface area (Å²) in [6.07, 6.45) is 2.89. The third kappa shape index (κ3) is 8.96. The smallest absolute Gasteiger partial charge is 0.374 e. The molecule has 1 aromatic carbocycles. The van der Waals surface area contributed by atoms with Gasteiger partial charge in [-0.1, -0.05) is 36.9 Å². The molecule has 1 aromatic rings. The summed E-state index contributed by atoms with van der Waals surface area (Å²) in [5, 5.41) is 3.50. The van der Waals surface area contributed by atoms with Crippen LogP contribution < -0.4 is 5.32 Å². The Morgan fingerprint density at radius 2 is 1.62 bits per heavy atom. The highest BCUT2D eigenvalue weighted by molar-refractivity contribution is 6.60. The Labute approximate surface area is 160 Å². The Kier molecular flexibility index (Phi) is 12.3. The van der Waals surface area contributed by atoms with E-state index in [0.29, 0.717) is 19.8 Å². The molecule has 0 aliphatic rings. The number of nitrogens with one attached hydrogen (secondary N) is 1. The van der Waals surface area contributed by atoms with Crippen LogP contribution in [0.25, 0.3) is 0 Å². The first-order valence-electron chi connectivity index (χ1n) is 9.72. The lowest BCUT2D eigenvalue weighted by Crippen LogP contribution is -2.46. The second kappa shape index (κ2) is 13.9. The van der Waals surface area contributed by atoms with E-state index in [9.17, 15) is 0 Å². The zero-order valence-electron chi connectivity index (χ0n) is 16.7. The molecule has 26 heavy (non-hydrogen) atoms. The van der Waals surface area contributed by atoms with Crippen LogP contribution >= 0.6 is 0 Å². The zero-order valence-corrected chi connectivity index (χ0v) is 17.7. The highest BCUT2D eigenvalue weighted by Crippen LogP contribution is 2.17. The molecule has 0 spiro atoms. The van der Waals surface area contributed by atoms with Gasteiger partial charge in [0.25, 0.3) is 0 Å². The molecule has 0 radical (unpaired) electrons. The SMILES string of the molecule is C=CN(CCNCCC[Si](OCC)(OCC)OCC)Cc1ccccc1. The van der Waals surface area contributed by atoms with Gasteiger partial charge in [-0.15, -0.1) is 0 Å². The summed E-state index contributed by atoms with van der Waals surface area (Å²) in [6.45, 7) is 15.5. The summed E-state index contributed by atoms with van der Waals surface area (Å²) in [4.78, 5) is 2.22. The normalized spacial score (nSPS) is 11.5. The van der Waals surface area contributed by atoms with Crippen LogP contribution in [0.2, 0.25) is 6.04 Å². The summed E-state index contributed by atoms with van der Waals surface area (Å²) in [7, 11) is -2.50. The minimum atomic E-state index is -2.50. The van der Waals surface area contributed by atoms with Gasteiger partial charge >= 0.3 is 8.80 Å². The lowest BCUT2D eigenvalue weighted by atomic mass is 10.2. The molecule has 0 bridgehead atoms. The Morgan fingerprint density at radius 3 is 2.15 bits per heavy atom. The van der Waals surface area contributed by atoms with Gasteiger partial charge in [-0.25, -0.2) is 0 Å². The van der Waals surface area contributed by atoms with Gasteiger partial charge in [-0.05, 0) is 45.5 Å². The summed E-state index contributed by atoms with van der Waals surface area (Å²) < 4.78 is 17.7. The predicted octanol–water partition coefficient (Wildman–Crippen LogP) is 3.66. The fraction of sp³-hybridized carbons (Fsp3) is 0.600. The first kappa shape index (κ1) is 22.9. The predicted molar refractivity (Wildman–Crippen MR) is 110 cm³/mol. The number of nitrogens with zero attached hydrogens (tertiary/aromatic N) is 1. The molecule has 1 rings (SSSR count). The molecular weight excluding hydrogens is 344 g/mol. The van der Waals surface area contributed by atoms with Crippen LogP contribution in [0.3, 0.4) is 0 Å². The molecule has 0 saturated carbocycles. The maximum absolute atomic E-state index is 5.88. The van der Waals surface area contributed by atoms with E-state index >= 15 is 0 Å². The van der Waals surface area contributed by atoms with Crippen molar-refractivity contribution in [3.63, 3.8) is 0 Å². The van der Waals surface area contributed by atoms with E-state index in [-0.39, 0.29) is 0 Å². The Hall–Kier alpha value is -1.18. The van der Waals surface area contributed by atoms with Crippen molar-refractivity contribution in [1.82, 2.24) is 10.2 Å². The molecule has 0 aliphatic heterocycles. The Morgan fingerprint density at radius 1 is 1.00 bits per heavy atom. The molecule has 0 atom stereocenters. The molecule has 6 heteroatoms. The van der Waals surface area contributed by atoms with E-state index in [1.165, 1.54) is 5.56 Å². The van der Waals surface area contributed by atoms with E-state index < -0.39 is 8.80 Å². The van der Waals surface area contributed by atoms with Crippen molar-refractivity contribution < 1.29 is 13.3 Å². The second-order valence-corrected chi connectivity index (χ2v) is 8.71. The number of benzene rings is 1. The van der Waals surface area contributed by atoms with Gasteiger partial charge in [0.05, 0.1) is 0 Å². The highest BCUT2D eigenvalue weighted by atomic mass is 28.4. The van der Waals surface area contributed by atoms with Gasteiger partial charge in [0.15, 0.2) is 0 Å². The number of hydrogen-bond donors (Lipinski definition) is 1. The van der Waals surface area contributed by atoms with Crippen LogP contribution in [0.1, 0.15) is 32.8 Å². The monoisotopic (exact) mass is 380 g/mol. The average molecular weight is 381 g/mol. The third-order valence-electron chi connectivity index (χ3n) is 3.99. The number of hydrogen-bond acceptors (Lipinski definition) is 5. The molecule has 0 amide bonds. The topological polar surface area (TPSA) is 43.0 Å². The van der Waals surface area contributed by atoms with E-state index in [1.807, 2.05) is 33.0 Å². The van der Waals surface area contributed by atoms with Gasteiger partial charge in [-0.2, -0.15) is 0 Å². The van der Waals surface area contributed by atoms with Gasteiger partial charge < -0.3 is 23.5 Å². The quantitative estimate of drug-likeness (QED) is 0.350. The van der Waals surface area contributed by atoms with Crippen molar-refractivity contribution in [2.75, 3.05) is 39.5 Å². The Balaban J connectivity index is 2.28. The summed E-state index contributed by atoms with van der Waals surface area (Å²) >= 11 is 0. The molecule has 0 fully saturated rings. The summed E-state index contributed by atoms with van der Waals surface area (Å²) in [5.41, 5.74) is 1.30. The third-order valence-corrected chi connectivity index (χ3v) is 7.14. The van der Waals surface area contributed by atoms with Crippen LogP contribution in [-0.4, -0.2) is 53.2 Å². The minimum absolute atomic E-state index is 0.632. The Bertz CT molecular complexity index is 456. The second-order valence-electron chi connectivity index (χ2n) is 5.97. The van der Waals surface area contributed by atoms with Crippen molar-refractivity contribution in [3.8, 4) is 0 Å². The summed E-state index contributed by atoms with van der Waals surface area (Å²) in [6, 6.07) is 11.3. The lowest BCUT2D eigenvalue weighted by molar-refractivity contribution is 0.0708. The minimum Gasteiger partial charge on any atom is -0.374 e. The lowest BCUT2D eigenvalue weighted by Gasteiger charge is -2.28. The van der Waals surface area contributed by atoms with Gasteiger partial charge in [0.1, 0.15) is 0 Å². The molecule has 0 aliphatic carbocycles. The van der Waals surface area contributed by atoms with E-state index in [0.717, 1.165) is 38.6 Å². The van der Waals surface area contributed by atoms with Crippen LogP contribution in [0, 0.1) is 0 Å². The molecule has 0 aromatic heterocycles. The van der Waals surface area contributed by atoms with Crippen LogP contribution in [0.5, 0.6) is 0 Å². The highest BCUT2D eigenvalue weighted by Gasteiger charge is 2.39. The molecular formula is C20H36N2O3Si. The van der Waals surface area contributed by atoms with Crippen molar-refractivity contribution in [3.05, 3.63) is 48.7 Å². The average Bonchev–Trinajstić information content (AvgIpc) is 2.65. The van der Waals surface area contributed by atoms with Crippen molar-refractivity contribution in [1.29, 1.82) is 0 Å². The van der Waals surface area contributed by atoms with Crippen molar-refractivity contribution in [2.45, 2.75) is 39.8 Å². The standard InChI is InChI=1S/C20H36N2O3Si/c1-5-22(19-20-13-10-9-11-14-20)17-16-21-15-12-18-26(23-6-2,24-7-3)25-8-4/h5,9-11,13-14,21H,1,6-8,12,15-19H2,2-4H3. The molecule has 5 nitrogen and oxygen atoms in total. The fourth-order valence-corrected chi connectivity index (χ4v) is 5.44. The first-order valence-corrected chi connectivity index (χ1v) is 11.7. The van der Waals surface area contributed by atoms with Crippen LogP contribution in [0.15, 0.2) is 43.1 Å². The maximum atomic E-state index is 5.88. The maximum Gasteiger partial charge on any atom is 0.500 e. The first-order chi connectivity index (χ1) is 12.7. The molecule has 148 valence electrons. The fourth-order valence-electron chi connectivity index (χ4n) is 2.83. The van der Waals surface area contributed by atoms with Crippen molar-refractivity contribution in [2.24, 2.45) is 0 Å². The van der Waals surface area contributed by atoms with Gasteiger partial charge in [0.2, 0.25) is 0 Å². The molecule has 0 unspecified atom stereocenters. The van der Waals surface area contributed by atoms with Crippen molar-refractivity contribution >= 4 is 8.80 Å². The van der Waals surface area contributed by atoms with E-state index in [1.54, 1.807) is 0 Å². The van der Waals surface area contributed by atoms with Gasteiger partial charge in [0, 0.05) is 45.5 Å². The zero-order chi connectivity index (χ0) is 19.1. The molecule has 0 heterocycles. The molecule has 1 N–H and O–H groups in total. The van der Waals surface area contributed by atoms with Crippen LogP contribution in [-0.2, 0) is 19.8 Å². The van der Waals surface area contributed by atoms with Crippen LogP contribution in [0.4, 0.5) is 0 Å². The van der Waals surface area contributed by atoms with E-state index in [4.69, 9.17) is 13.3 Å².